The average Bonchev–Trinajstić information content (AvgIpc) is 2.69. The first-order valence-corrected chi connectivity index (χ1v) is 8.68. The molecule has 1 fully saturated rings. The van der Waals surface area contributed by atoms with Gasteiger partial charge >= 0.3 is 0 Å². The van der Waals surface area contributed by atoms with E-state index in [4.69, 9.17) is 4.74 Å². The third-order valence-electron chi connectivity index (χ3n) is 4.74. The molecule has 1 aliphatic rings. The highest BCUT2D eigenvalue weighted by atomic mass is 16.5. The molecule has 5 nitrogen and oxygen atoms in total. The molecule has 0 radical (unpaired) electrons. The Bertz CT molecular complexity index is 874. The summed E-state index contributed by atoms with van der Waals surface area (Å²) in [6.07, 6.45) is 9.64. The zero-order chi connectivity index (χ0) is 17.1. The molecule has 1 saturated heterocycles. The van der Waals surface area contributed by atoms with Crippen LogP contribution < -0.4 is 15.4 Å². The van der Waals surface area contributed by atoms with Crippen molar-refractivity contribution < 1.29 is 4.74 Å². The van der Waals surface area contributed by atoms with Gasteiger partial charge in [0.25, 0.3) is 0 Å². The van der Waals surface area contributed by atoms with E-state index in [-0.39, 0.29) is 0 Å². The largest absolute Gasteiger partial charge is 0.495 e. The molecule has 5 heteroatoms. The van der Waals surface area contributed by atoms with E-state index in [1.165, 1.54) is 5.39 Å². The van der Waals surface area contributed by atoms with Gasteiger partial charge in [-0.15, -0.1) is 0 Å². The predicted molar refractivity (Wildman–Crippen MR) is 101 cm³/mol. The minimum absolute atomic E-state index is 0.489. The predicted octanol–water partition coefficient (Wildman–Crippen LogP) is 3.47. The summed E-state index contributed by atoms with van der Waals surface area (Å²) in [7, 11) is 1.66. The second-order valence-electron chi connectivity index (χ2n) is 6.40. The Hall–Kier alpha value is -2.66. The maximum atomic E-state index is 5.32. The van der Waals surface area contributed by atoms with Gasteiger partial charge in [0.05, 0.1) is 13.3 Å². The van der Waals surface area contributed by atoms with Gasteiger partial charge in [-0.2, -0.15) is 0 Å². The quantitative estimate of drug-likeness (QED) is 0.765. The van der Waals surface area contributed by atoms with Gasteiger partial charge in [-0.1, -0.05) is 0 Å². The van der Waals surface area contributed by atoms with Crippen LogP contribution in [0.15, 0.2) is 49.1 Å². The van der Waals surface area contributed by atoms with E-state index in [9.17, 15) is 0 Å². The normalized spacial score (nSPS) is 15.2. The molecule has 2 aromatic heterocycles. The van der Waals surface area contributed by atoms with E-state index in [2.05, 4.69) is 38.8 Å². The molecule has 4 rings (SSSR count). The highest BCUT2D eigenvalue weighted by Gasteiger charge is 2.15. The first-order valence-electron chi connectivity index (χ1n) is 8.68. The number of pyridine rings is 2. The van der Waals surface area contributed by atoms with Gasteiger partial charge in [-0.05, 0) is 61.1 Å². The Morgan fingerprint density at radius 3 is 2.76 bits per heavy atom. The number of aromatic nitrogens is 2. The fraction of sp³-hybridized carbons (Fsp3) is 0.300. The van der Waals surface area contributed by atoms with Gasteiger partial charge in [0.2, 0.25) is 0 Å². The summed E-state index contributed by atoms with van der Waals surface area (Å²) in [5.41, 5.74) is 3.31. The zero-order valence-electron chi connectivity index (χ0n) is 14.3. The van der Waals surface area contributed by atoms with E-state index in [1.807, 2.05) is 24.7 Å². The number of piperidine rings is 1. The van der Waals surface area contributed by atoms with Gasteiger partial charge in [0.15, 0.2) is 0 Å². The number of methoxy groups -OCH3 is 1. The number of benzene rings is 1. The molecule has 3 heterocycles. The van der Waals surface area contributed by atoms with E-state index in [0.29, 0.717) is 6.04 Å². The molecule has 0 bridgehead atoms. The van der Waals surface area contributed by atoms with E-state index in [0.717, 1.165) is 53.9 Å². The van der Waals surface area contributed by atoms with Crippen LogP contribution in [0.2, 0.25) is 0 Å². The molecule has 0 atom stereocenters. The zero-order valence-corrected chi connectivity index (χ0v) is 14.3. The maximum absolute atomic E-state index is 5.32. The monoisotopic (exact) mass is 334 g/mol. The Labute approximate surface area is 147 Å². The third-order valence-corrected chi connectivity index (χ3v) is 4.74. The summed E-state index contributed by atoms with van der Waals surface area (Å²) in [6.45, 7) is 2.13. The maximum Gasteiger partial charge on any atom is 0.137 e. The van der Waals surface area contributed by atoms with Gasteiger partial charge < -0.3 is 15.4 Å². The summed E-state index contributed by atoms with van der Waals surface area (Å²) in [4.78, 5) is 8.60. The number of hydrogen-bond acceptors (Lipinski definition) is 5. The van der Waals surface area contributed by atoms with Crippen LogP contribution >= 0.6 is 0 Å². The van der Waals surface area contributed by atoms with Crippen LogP contribution in [0.3, 0.4) is 0 Å². The molecule has 2 N–H and O–H groups in total. The van der Waals surface area contributed by atoms with Gasteiger partial charge in [0, 0.05) is 41.3 Å². The fourth-order valence-electron chi connectivity index (χ4n) is 3.36. The third kappa shape index (κ3) is 3.42. The van der Waals surface area contributed by atoms with Crippen LogP contribution in [0.4, 0.5) is 5.69 Å². The standard InChI is InChI=1S/C20H22N4O/c1-25-18-9-16(11-23-12-18)15-8-14-2-5-22-13-19(14)20(10-15)24-17-3-6-21-7-4-17/h2,5,8-13,17,21,24H,3-4,6-7H2,1H3. The smallest absolute Gasteiger partial charge is 0.137 e. The summed E-state index contributed by atoms with van der Waals surface area (Å²) in [6, 6.07) is 8.94. The first-order chi connectivity index (χ1) is 12.3. The number of nitrogens with zero attached hydrogens (tertiary/aromatic N) is 2. The average molecular weight is 334 g/mol. The lowest BCUT2D eigenvalue weighted by Gasteiger charge is -2.25. The van der Waals surface area contributed by atoms with Crippen LogP contribution in [0.1, 0.15) is 12.8 Å². The molecule has 25 heavy (non-hydrogen) atoms. The first kappa shape index (κ1) is 15.8. The highest BCUT2D eigenvalue weighted by Crippen LogP contribution is 2.32. The second-order valence-corrected chi connectivity index (χ2v) is 6.40. The molecule has 0 aliphatic carbocycles. The van der Waals surface area contributed by atoms with Crippen molar-refractivity contribution in [2.45, 2.75) is 18.9 Å². The van der Waals surface area contributed by atoms with Crippen molar-refractivity contribution in [2.24, 2.45) is 0 Å². The lowest BCUT2D eigenvalue weighted by Crippen LogP contribution is -2.35. The Morgan fingerprint density at radius 1 is 1.04 bits per heavy atom. The molecule has 0 spiro atoms. The summed E-state index contributed by atoms with van der Waals surface area (Å²) >= 11 is 0. The van der Waals surface area contributed by atoms with Crippen LogP contribution in [-0.2, 0) is 0 Å². The van der Waals surface area contributed by atoms with Crippen molar-refractivity contribution in [1.82, 2.24) is 15.3 Å². The summed E-state index contributed by atoms with van der Waals surface area (Å²) in [5, 5.41) is 9.47. The van der Waals surface area contributed by atoms with Crippen LogP contribution in [0, 0.1) is 0 Å². The highest BCUT2D eigenvalue weighted by molar-refractivity contribution is 5.97. The molecule has 1 aromatic carbocycles. The Kier molecular flexibility index (Phi) is 4.48. The number of anilines is 1. The van der Waals surface area contributed by atoms with Crippen molar-refractivity contribution >= 4 is 16.5 Å². The number of fused-ring (bicyclic) bond motifs is 1. The SMILES string of the molecule is COc1cncc(-c2cc(NC3CCNCC3)c3cnccc3c2)c1. The summed E-state index contributed by atoms with van der Waals surface area (Å²) < 4.78 is 5.32. The molecular formula is C20H22N4O. The second kappa shape index (κ2) is 7.07. The van der Waals surface area contributed by atoms with Gasteiger partial charge in [-0.3, -0.25) is 9.97 Å². The minimum Gasteiger partial charge on any atom is -0.495 e. The molecule has 0 unspecified atom stereocenters. The van der Waals surface area contributed by atoms with Crippen molar-refractivity contribution in [3.63, 3.8) is 0 Å². The molecule has 1 aliphatic heterocycles. The molecular weight excluding hydrogens is 312 g/mol. The van der Waals surface area contributed by atoms with E-state index < -0.39 is 0 Å². The fourth-order valence-corrected chi connectivity index (χ4v) is 3.36. The van der Waals surface area contributed by atoms with Crippen LogP contribution in [0.25, 0.3) is 21.9 Å². The van der Waals surface area contributed by atoms with Crippen molar-refractivity contribution in [2.75, 3.05) is 25.5 Å². The van der Waals surface area contributed by atoms with E-state index in [1.54, 1.807) is 13.3 Å². The van der Waals surface area contributed by atoms with Crippen molar-refractivity contribution in [3.05, 3.63) is 49.1 Å². The molecule has 0 amide bonds. The van der Waals surface area contributed by atoms with Crippen molar-refractivity contribution in [1.29, 1.82) is 0 Å². The van der Waals surface area contributed by atoms with E-state index >= 15 is 0 Å². The number of ether oxygens (including phenoxy) is 1. The molecule has 128 valence electrons. The number of rotatable bonds is 4. The molecule has 0 saturated carbocycles. The van der Waals surface area contributed by atoms with Gasteiger partial charge in [0.1, 0.15) is 5.75 Å². The lowest BCUT2D eigenvalue weighted by atomic mass is 10.00. The van der Waals surface area contributed by atoms with Crippen LogP contribution in [0.5, 0.6) is 5.75 Å². The minimum atomic E-state index is 0.489. The molecule has 3 aromatic rings. The lowest BCUT2D eigenvalue weighted by molar-refractivity contribution is 0.413. The topological polar surface area (TPSA) is 59.1 Å². The number of hydrogen-bond donors (Lipinski definition) is 2. The van der Waals surface area contributed by atoms with Gasteiger partial charge in [-0.25, -0.2) is 0 Å². The Balaban J connectivity index is 1.77. The Morgan fingerprint density at radius 2 is 1.92 bits per heavy atom. The number of nitrogens with one attached hydrogen (secondary N) is 2. The van der Waals surface area contributed by atoms with Crippen molar-refractivity contribution in [3.8, 4) is 16.9 Å². The summed E-state index contributed by atoms with van der Waals surface area (Å²) in [5.74, 6) is 0.764. The van der Waals surface area contributed by atoms with Crippen LogP contribution in [-0.4, -0.2) is 36.2 Å².